The van der Waals surface area contributed by atoms with Crippen molar-refractivity contribution in [2.24, 2.45) is 0 Å². The Labute approximate surface area is 758 Å². The molecule has 30 nitrogen and oxygen atoms in total. The van der Waals surface area contributed by atoms with E-state index in [4.69, 9.17) is 114 Å². The van der Waals surface area contributed by atoms with Gasteiger partial charge in [-0.3, -0.25) is 0 Å². The highest BCUT2D eigenvalue weighted by Crippen LogP contribution is 2.42. The summed E-state index contributed by atoms with van der Waals surface area (Å²) in [5.41, 5.74) is 0. The van der Waals surface area contributed by atoms with E-state index in [1.165, 1.54) is 0 Å². The molecule has 0 saturated carbocycles. The zero-order valence-electron chi connectivity index (χ0n) is 80.0. The maximum atomic E-state index is 13.6. The predicted octanol–water partition coefficient (Wildman–Crippen LogP) is 13.5. The molecule has 12 bridgehead atoms. The van der Waals surface area contributed by atoms with Crippen LogP contribution in [0.15, 0.2) is 0 Å². The van der Waals surface area contributed by atoms with Gasteiger partial charge in [-0.25, -0.2) is 0 Å². The predicted molar refractivity (Wildman–Crippen MR) is 475 cm³/mol. The van der Waals surface area contributed by atoms with Crippen molar-refractivity contribution in [3.05, 3.63) is 0 Å². The number of hydrogen-bond acceptors (Lipinski definition) is 30. The van der Waals surface area contributed by atoms with E-state index >= 15 is 0 Å². The number of rotatable bonds is 66. The maximum Gasteiger partial charge on any atom is 0.187 e. The lowest BCUT2D eigenvalue weighted by Crippen LogP contribution is -2.70. The molecule has 0 unspecified atom stereocenters. The fourth-order valence-electron chi connectivity index (χ4n) is 17.2. The summed E-state index contributed by atoms with van der Waals surface area (Å²) in [6, 6.07) is 0. The summed E-state index contributed by atoms with van der Waals surface area (Å²) in [6.45, 7) is 27.5. The van der Waals surface area contributed by atoms with Gasteiger partial charge in [0.15, 0.2) is 37.7 Å². The monoisotopic (exact) mass is 1810 g/mol. The van der Waals surface area contributed by atoms with Crippen LogP contribution in [0.3, 0.4) is 0 Å². The third kappa shape index (κ3) is 37.4. The minimum Gasteiger partial charge on any atom is -0.387 e. The zero-order valence-corrected chi connectivity index (χ0v) is 80.0. The van der Waals surface area contributed by atoms with Crippen LogP contribution in [-0.4, -0.2) is 334 Å². The summed E-state index contributed by atoms with van der Waals surface area (Å²) in [4.78, 5) is 0. The molecule has 126 heavy (non-hydrogen) atoms. The lowest BCUT2D eigenvalue weighted by molar-refractivity contribution is -0.410. The number of hydrogen-bond donors (Lipinski definition) is 6. The molecule has 30 atom stereocenters. The second-order valence-corrected chi connectivity index (χ2v) is 35.8. The van der Waals surface area contributed by atoms with Crippen molar-refractivity contribution in [1.29, 1.82) is 0 Å². The van der Waals surface area contributed by atoms with Gasteiger partial charge in [0.05, 0.1) is 39.6 Å². The molecule has 0 aromatic heterocycles. The molecule has 22 aliphatic heterocycles. The van der Waals surface area contributed by atoms with Gasteiger partial charge in [0.1, 0.15) is 146 Å². The van der Waals surface area contributed by atoms with Gasteiger partial charge in [0.2, 0.25) is 0 Å². The first-order chi connectivity index (χ1) is 61.6. The summed E-state index contributed by atoms with van der Waals surface area (Å²) in [5.74, 6) is 0. The summed E-state index contributed by atoms with van der Waals surface area (Å²) in [5, 5.41) is 81.7. The van der Waals surface area contributed by atoms with Gasteiger partial charge in [-0.1, -0.05) is 237 Å². The topological polar surface area (TPSA) is 343 Å². The van der Waals surface area contributed by atoms with Crippen LogP contribution in [0.4, 0.5) is 0 Å². The van der Waals surface area contributed by atoms with Crippen LogP contribution in [-0.2, 0) is 114 Å². The van der Waals surface area contributed by atoms with Gasteiger partial charge in [-0.2, -0.15) is 0 Å². The van der Waals surface area contributed by atoms with E-state index < -0.39 is 184 Å². The van der Waals surface area contributed by atoms with Crippen LogP contribution >= 0.6 is 0 Å². The van der Waals surface area contributed by atoms with Gasteiger partial charge in [-0.05, 0) is 77.0 Å². The normalized spacial score (nSPS) is 34.7. The fourth-order valence-corrected chi connectivity index (χ4v) is 17.2. The van der Waals surface area contributed by atoms with Crippen molar-refractivity contribution in [1.82, 2.24) is 0 Å². The van der Waals surface area contributed by atoms with Crippen LogP contribution < -0.4 is 0 Å². The average Bonchev–Trinajstić information content (AvgIpc) is 0.761. The fraction of sp³-hybridized carbons (Fsp3) is 1.00. The van der Waals surface area contributed by atoms with E-state index in [2.05, 4.69) is 83.1 Å². The van der Waals surface area contributed by atoms with Crippen molar-refractivity contribution in [2.75, 3.05) is 119 Å². The van der Waals surface area contributed by atoms with Gasteiger partial charge in [-0.15, -0.1) is 0 Å². The molecule has 744 valence electrons. The highest BCUT2D eigenvalue weighted by molar-refractivity contribution is 5.03. The van der Waals surface area contributed by atoms with Crippen LogP contribution in [0, 0.1) is 0 Å². The zero-order chi connectivity index (χ0) is 90.5. The molecular weight excluding hydrogens is 1630 g/mol. The van der Waals surface area contributed by atoms with Crippen molar-refractivity contribution in [2.45, 2.75) is 498 Å². The maximum absolute atomic E-state index is 13.6. The third-order valence-electron chi connectivity index (χ3n) is 24.8. The van der Waals surface area contributed by atoms with E-state index in [-0.39, 0.29) is 79.3 Å². The Morgan fingerprint density at radius 2 is 0.278 bits per heavy atom. The van der Waals surface area contributed by atoms with E-state index in [9.17, 15) is 30.6 Å². The van der Waals surface area contributed by atoms with Crippen LogP contribution in [0.1, 0.15) is 314 Å². The van der Waals surface area contributed by atoms with E-state index in [0.29, 0.717) is 78.2 Å². The van der Waals surface area contributed by atoms with E-state index in [1.54, 1.807) is 0 Å². The molecule has 0 spiro atoms. The van der Waals surface area contributed by atoms with Crippen molar-refractivity contribution < 1.29 is 144 Å². The molecule has 30 heteroatoms. The highest BCUT2D eigenvalue weighted by atomic mass is 16.8. The van der Waals surface area contributed by atoms with E-state index in [1.807, 2.05) is 0 Å². The Hall–Kier alpha value is -1.20. The Kier molecular flexibility index (Phi) is 59.5. The number of ether oxygens (including phenoxy) is 24. The molecule has 0 aromatic carbocycles. The molecule has 22 fully saturated rings. The van der Waals surface area contributed by atoms with Gasteiger partial charge >= 0.3 is 0 Å². The molecule has 6 N–H and O–H groups in total. The number of unbranched alkanes of at least 4 members (excludes halogenated alkanes) is 24. The quantitative estimate of drug-likeness (QED) is 0.0308. The Morgan fingerprint density at radius 3 is 0.397 bits per heavy atom. The molecular formula is C96H180O30. The van der Waals surface area contributed by atoms with Gasteiger partial charge < -0.3 is 144 Å². The molecule has 0 amide bonds. The summed E-state index contributed by atoms with van der Waals surface area (Å²) >= 11 is 0. The first-order valence-electron chi connectivity index (χ1n) is 50.8. The Balaban J connectivity index is 1.50. The van der Waals surface area contributed by atoms with Crippen LogP contribution in [0.25, 0.3) is 0 Å². The molecule has 22 rings (SSSR count). The Bertz CT molecular complexity index is 2140. The van der Waals surface area contributed by atoms with Crippen molar-refractivity contribution in [3.8, 4) is 0 Å². The summed E-state index contributed by atoms with van der Waals surface area (Å²) in [6.07, 6.45) is -12.2. The summed E-state index contributed by atoms with van der Waals surface area (Å²) in [7, 11) is 0. The van der Waals surface area contributed by atoms with Crippen molar-refractivity contribution >= 4 is 0 Å². The molecule has 22 saturated heterocycles. The minimum absolute atomic E-state index is 0.123. The van der Waals surface area contributed by atoms with Gasteiger partial charge in [0, 0.05) is 79.3 Å². The lowest BCUT2D eigenvalue weighted by atomic mass is 9.94. The lowest BCUT2D eigenvalue weighted by Gasteiger charge is -2.52. The third-order valence-corrected chi connectivity index (χ3v) is 24.8. The molecule has 0 radical (unpaired) electrons. The van der Waals surface area contributed by atoms with Gasteiger partial charge in [0.25, 0.3) is 0 Å². The minimum atomic E-state index is -1.59. The average molecular weight is 1810 g/mol. The summed E-state index contributed by atoms with van der Waals surface area (Å²) < 4.78 is 168. The molecule has 0 aromatic rings. The largest absolute Gasteiger partial charge is 0.387 e. The van der Waals surface area contributed by atoms with Crippen LogP contribution in [0.5, 0.6) is 0 Å². The SMILES string of the molecule is CCCCCOC[C@H]1O[C@@H]2O[C@H]3[C@H](O)[C@@H](OCCCCC)[C@@H](O[C@H]4[C@H](O)[C@@H](OCCCCC)[C@@H](O[C@H]5[C@H](O)[C@@H](OCCCCC)[C@@H](O[C@H]6[C@H](O)[C@@H](OCCCCC)[C@@H](O[C@H]7[C@H](O)[C@@H](OCCCCC)[C@@H](O[C@H]1[C@H](O)[C@H]2OCCCCC)O[C@@H]7COCCCCC)O[C@@H]6COCCCCC)O[C@@H]5COCCCCC)O[C@@H]4COCCCCC)O[C@@H]3COCCCCC. The number of aliphatic hydroxyl groups is 6. The smallest absolute Gasteiger partial charge is 0.187 e. The van der Waals surface area contributed by atoms with Crippen LogP contribution in [0.2, 0.25) is 0 Å². The molecule has 22 aliphatic rings. The van der Waals surface area contributed by atoms with Crippen molar-refractivity contribution in [3.63, 3.8) is 0 Å². The molecule has 22 heterocycles. The molecule has 0 aliphatic carbocycles. The first-order valence-corrected chi connectivity index (χ1v) is 50.8. The Morgan fingerprint density at radius 1 is 0.159 bits per heavy atom. The second-order valence-electron chi connectivity index (χ2n) is 35.8. The number of aliphatic hydroxyl groups excluding tert-OH is 6. The highest BCUT2D eigenvalue weighted by Gasteiger charge is 2.61. The standard InChI is InChI=1S/C96H180O30/c1-13-25-37-49-103-61-67-79-73(97)85(109-55-43-31-19-7)91(115-67)122-80-68(62-104-50-38-26-14-2)117-93(87(74(80)98)111-57-45-33-21-9)124-82-70(64-106-52-40-28-16-4)119-95(89(76(82)100)113-59-47-35-23-11)126-84-72(66-108-54-42-30-18-6)120-96(90(78(84)102)114-60-48-36-24-12)125-83-71(65-107-53-41-29-17-5)118-94(88(77(83)101)112-58-46-34-22-10)123-81-69(63-105-51-39-27-15-3)116-92(121-79)86(75(81)99)110-56-44-32-20-8/h67-102H,13-66H2,1-12H3/t67-,68-,69-,70-,71-,72-,73+,74+,75+,76+,77+,78+,79-,80-,81-,82-,83-,84-,85-,86-,87-,88-,89-,90-,91-,92-,93-,94-,95-,96-/m1/s1. The first kappa shape index (κ1) is 112. The van der Waals surface area contributed by atoms with E-state index in [0.717, 1.165) is 193 Å². The second kappa shape index (κ2) is 67.1.